The Bertz CT molecular complexity index is 253. The van der Waals surface area contributed by atoms with E-state index in [4.69, 9.17) is 6.42 Å². The van der Waals surface area contributed by atoms with E-state index in [1.807, 2.05) is 0 Å². The molecule has 0 aromatic rings. The first-order valence-corrected chi connectivity index (χ1v) is 7.19. The number of rotatable bonds is 3. The van der Waals surface area contributed by atoms with Crippen LogP contribution in [0.2, 0.25) is 0 Å². The largest absolute Gasteiger partial charge is 0.300 e. The lowest BCUT2D eigenvalue weighted by Gasteiger charge is -2.41. The maximum atomic E-state index is 5.32. The average Bonchev–Trinajstić information content (AvgIpc) is 2.38. The van der Waals surface area contributed by atoms with E-state index in [0.29, 0.717) is 0 Å². The molecule has 0 aromatic carbocycles. The van der Waals surface area contributed by atoms with Crippen LogP contribution in [0.3, 0.4) is 0 Å². The van der Waals surface area contributed by atoms with E-state index in [1.165, 1.54) is 51.9 Å². The van der Waals surface area contributed by atoms with Gasteiger partial charge >= 0.3 is 0 Å². The standard InChI is InChI=1S/C15H26N2/c1-3-4-9-16-10-12-17(13-11-16)15-7-5-14(2)6-8-15/h1,14-15H,4-13H2,2H3. The smallest absolute Gasteiger partial charge is 0.0214 e. The Morgan fingerprint density at radius 1 is 1.06 bits per heavy atom. The minimum Gasteiger partial charge on any atom is -0.300 e. The van der Waals surface area contributed by atoms with Crippen LogP contribution in [0, 0.1) is 18.3 Å². The van der Waals surface area contributed by atoms with E-state index in [2.05, 4.69) is 22.6 Å². The average molecular weight is 234 g/mol. The van der Waals surface area contributed by atoms with Gasteiger partial charge in [0.25, 0.3) is 0 Å². The Kier molecular flexibility index (Phi) is 4.88. The van der Waals surface area contributed by atoms with Gasteiger partial charge in [-0.2, -0.15) is 0 Å². The fraction of sp³-hybridized carbons (Fsp3) is 0.867. The lowest BCUT2D eigenvalue weighted by molar-refractivity contribution is 0.0732. The first-order valence-electron chi connectivity index (χ1n) is 7.19. The lowest BCUT2D eigenvalue weighted by Crippen LogP contribution is -2.51. The summed E-state index contributed by atoms with van der Waals surface area (Å²) >= 11 is 0. The van der Waals surface area contributed by atoms with Gasteiger partial charge in [-0.25, -0.2) is 0 Å². The zero-order valence-corrected chi connectivity index (χ0v) is 11.2. The summed E-state index contributed by atoms with van der Waals surface area (Å²) in [5.74, 6) is 3.70. The summed E-state index contributed by atoms with van der Waals surface area (Å²) in [4.78, 5) is 5.24. The van der Waals surface area contributed by atoms with Crippen molar-refractivity contribution < 1.29 is 0 Å². The molecule has 1 aliphatic carbocycles. The van der Waals surface area contributed by atoms with Gasteiger partial charge in [0.2, 0.25) is 0 Å². The molecule has 2 heteroatoms. The highest BCUT2D eigenvalue weighted by molar-refractivity contribution is 4.87. The summed E-state index contributed by atoms with van der Waals surface area (Å²) in [5, 5.41) is 0. The Balaban J connectivity index is 1.70. The fourth-order valence-electron chi connectivity index (χ4n) is 3.18. The molecule has 17 heavy (non-hydrogen) atoms. The van der Waals surface area contributed by atoms with E-state index < -0.39 is 0 Å². The predicted octanol–water partition coefficient (Wildman–Crippen LogP) is 2.21. The van der Waals surface area contributed by atoms with Crippen molar-refractivity contribution in [3.05, 3.63) is 0 Å². The second-order valence-electron chi connectivity index (χ2n) is 5.75. The van der Waals surface area contributed by atoms with E-state index >= 15 is 0 Å². The Morgan fingerprint density at radius 3 is 2.29 bits per heavy atom. The highest BCUT2D eigenvalue weighted by atomic mass is 15.3. The molecule has 2 rings (SSSR count). The van der Waals surface area contributed by atoms with Crippen molar-refractivity contribution in [1.29, 1.82) is 0 Å². The van der Waals surface area contributed by atoms with Gasteiger partial charge in [-0.3, -0.25) is 9.80 Å². The molecule has 0 amide bonds. The quantitative estimate of drug-likeness (QED) is 0.691. The lowest BCUT2D eigenvalue weighted by atomic mass is 9.86. The Morgan fingerprint density at radius 2 is 1.71 bits per heavy atom. The molecule has 1 saturated heterocycles. The van der Waals surface area contributed by atoms with Crippen molar-refractivity contribution in [2.24, 2.45) is 5.92 Å². The predicted molar refractivity (Wildman–Crippen MR) is 72.9 cm³/mol. The van der Waals surface area contributed by atoms with Gasteiger partial charge in [-0.05, 0) is 31.6 Å². The summed E-state index contributed by atoms with van der Waals surface area (Å²) in [6.45, 7) is 8.43. The minimum atomic E-state index is 0.876. The van der Waals surface area contributed by atoms with Crippen molar-refractivity contribution in [2.45, 2.75) is 45.1 Å². The number of hydrogen-bond acceptors (Lipinski definition) is 2. The van der Waals surface area contributed by atoms with Crippen molar-refractivity contribution >= 4 is 0 Å². The molecule has 0 radical (unpaired) electrons. The van der Waals surface area contributed by atoms with Crippen LogP contribution in [0.5, 0.6) is 0 Å². The van der Waals surface area contributed by atoms with Gasteiger partial charge in [0.05, 0.1) is 0 Å². The molecule has 2 fully saturated rings. The fourth-order valence-corrected chi connectivity index (χ4v) is 3.18. The highest BCUT2D eigenvalue weighted by Crippen LogP contribution is 2.27. The molecule has 2 aliphatic rings. The van der Waals surface area contributed by atoms with E-state index in [9.17, 15) is 0 Å². The van der Waals surface area contributed by atoms with Gasteiger partial charge < -0.3 is 0 Å². The zero-order chi connectivity index (χ0) is 12.1. The third-order valence-corrected chi connectivity index (χ3v) is 4.48. The van der Waals surface area contributed by atoms with Crippen LogP contribution in [0.25, 0.3) is 0 Å². The van der Waals surface area contributed by atoms with E-state index in [-0.39, 0.29) is 0 Å². The van der Waals surface area contributed by atoms with Gasteiger partial charge in [-0.1, -0.05) is 6.92 Å². The normalized spacial score (nSPS) is 32.2. The highest BCUT2D eigenvalue weighted by Gasteiger charge is 2.26. The third kappa shape index (κ3) is 3.72. The Hall–Kier alpha value is -0.520. The van der Waals surface area contributed by atoms with Crippen LogP contribution in [-0.2, 0) is 0 Å². The summed E-state index contributed by atoms with van der Waals surface area (Å²) in [5.41, 5.74) is 0. The summed E-state index contributed by atoms with van der Waals surface area (Å²) in [6.07, 6.45) is 11.9. The van der Waals surface area contributed by atoms with Gasteiger partial charge in [0.15, 0.2) is 0 Å². The molecule has 0 aromatic heterocycles. The van der Waals surface area contributed by atoms with Gasteiger partial charge in [-0.15, -0.1) is 12.3 Å². The van der Waals surface area contributed by atoms with Crippen LogP contribution < -0.4 is 0 Å². The second kappa shape index (κ2) is 6.42. The molecule has 1 aliphatic heterocycles. The maximum absolute atomic E-state index is 5.32. The zero-order valence-electron chi connectivity index (χ0n) is 11.2. The second-order valence-corrected chi connectivity index (χ2v) is 5.75. The van der Waals surface area contributed by atoms with Crippen LogP contribution in [0.15, 0.2) is 0 Å². The molecule has 0 N–H and O–H groups in total. The monoisotopic (exact) mass is 234 g/mol. The summed E-state index contributed by atoms with van der Waals surface area (Å²) in [6, 6.07) is 0.876. The number of hydrogen-bond donors (Lipinski definition) is 0. The molecule has 0 unspecified atom stereocenters. The summed E-state index contributed by atoms with van der Waals surface area (Å²) in [7, 11) is 0. The molecule has 1 heterocycles. The van der Waals surface area contributed by atoms with Crippen molar-refractivity contribution in [2.75, 3.05) is 32.7 Å². The third-order valence-electron chi connectivity index (χ3n) is 4.48. The van der Waals surface area contributed by atoms with Gasteiger partial charge in [0, 0.05) is 45.2 Å². The van der Waals surface area contributed by atoms with Crippen LogP contribution in [0.1, 0.15) is 39.0 Å². The molecule has 1 saturated carbocycles. The molecule has 0 bridgehead atoms. The first-order chi connectivity index (χ1) is 8.29. The molecular weight excluding hydrogens is 208 g/mol. The van der Waals surface area contributed by atoms with Crippen LogP contribution in [0.4, 0.5) is 0 Å². The molecule has 0 spiro atoms. The molecule has 2 nitrogen and oxygen atoms in total. The Labute approximate surface area is 106 Å². The number of terminal acetylenes is 1. The maximum Gasteiger partial charge on any atom is 0.0214 e. The minimum absolute atomic E-state index is 0.876. The van der Waals surface area contributed by atoms with Crippen LogP contribution in [-0.4, -0.2) is 48.6 Å². The molecule has 0 atom stereocenters. The topological polar surface area (TPSA) is 6.48 Å². The van der Waals surface area contributed by atoms with Crippen molar-refractivity contribution in [3.63, 3.8) is 0 Å². The number of piperazine rings is 1. The van der Waals surface area contributed by atoms with Crippen LogP contribution >= 0.6 is 0 Å². The van der Waals surface area contributed by atoms with Crippen molar-refractivity contribution in [3.8, 4) is 12.3 Å². The van der Waals surface area contributed by atoms with E-state index in [0.717, 1.165) is 24.9 Å². The van der Waals surface area contributed by atoms with Gasteiger partial charge in [0.1, 0.15) is 0 Å². The number of nitrogens with zero attached hydrogens (tertiary/aromatic N) is 2. The first kappa shape index (κ1) is 12.9. The molecule has 96 valence electrons. The molecular formula is C15H26N2. The van der Waals surface area contributed by atoms with Crippen molar-refractivity contribution in [1.82, 2.24) is 9.80 Å². The van der Waals surface area contributed by atoms with E-state index in [1.54, 1.807) is 0 Å². The SMILES string of the molecule is C#CCCN1CCN(C2CCC(C)CC2)CC1. The summed E-state index contributed by atoms with van der Waals surface area (Å²) < 4.78 is 0.